The van der Waals surface area contributed by atoms with Gasteiger partial charge in [-0.15, -0.1) is 0 Å². The third-order valence-electron chi connectivity index (χ3n) is 3.92. The van der Waals surface area contributed by atoms with Crippen LogP contribution in [0.1, 0.15) is 86.0 Å². The van der Waals surface area contributed by atoms with Crippen LogP contribution in [0.25, 0.3) is 0 Å². The van der Waals surface area contributed by atoms with Crippen molar-refractivity contribution in [2.75, 3.05) is 6.61 Å². The van der Waals surface area contributed by atoms with Crippen molar-refractivity contribution in [2.24, 2.45) is 17.8 Å². The normalized spacial score (nSPS) is 14.5. The predicted octanol–water partition coefficient (Wildman–Crippen LogP) is 6.15. The summed E-state index contributed by atoms with van der Waals surface area (Å²) in [4.78, 5) is 12.3. The van der Waals surface area contributed by atoms with E-state index in [-0.39, 0.29) is 11.9 Å². The Kier molecular flexibility index (Phi) is 13.3. The monoisotopic (exact) mass is 310 g/mol. The zero-order chi connectivity index (χ0) is 16.8. The van der Waals surface area contributed by atoms with Gasteiger partial charge >= 0.3 is 5.97 Å². The Bertz CT molecular complexity index is 294. The van der Waals surface area contributed by atoms with Gasteiger partial charge in [0.1, 0.15) is 0 Å². The molecular formula is C20H38O2. The van der Waals surface area contributed by atoms with E-state index in [1.54, 1.807) is 0 Å². The van der Waals surface area contributed by atoms with Gasteiger partial charge in [0.05, 0.1) is 12.5 Å². The third-order valence-corrected chi connectivity index (χ3v) is 3.92. The largest absolute Gasteiger partial charge is 0.465 e. The van der Waals surface area contributed by atoms with E-state index in [0.717, 1.165) is 12.8 Å². The zero-order valence-corrected chi connectivity index (χ0v) is 15.6. The van der Waals surface area contributed by atoms with Crippen LogP contribution in [-0.4, -0.2) is 12.6 Å². The minimum Gasteiger partial charge on any atom is -0.465 e. The van der Waals surface area contributed by atoms with Crippen LogP contribution >= 0.6 is 0 Å². The number of hydrogen-bond donors (Lipinski definition) is 0. The van der Waals surface area contributed by atoms with E-state index in [1.165, 1.54) is 38.5 Å². The SMILES string of the molecule is CCCCCCC(/C=C\C(C)CCCC)C(=O)OCC(C)C. The first-order chi connectivity index (χ1) is 10.5. The highest BCUT2D eigenvalue weighted by molar-refractivity contribution is 5.74. The van der Waals surface area contributed by atoms with E-state index in [4.69, 9.17) is 4.74 Å². The second kappa shape index (κ2) is 13.8. The Hall–Kier alpha value is -0.790. The van der Waals surface area contributed by atoms with E-state index >= 15 is 0 Å². The zero-order valence-electron chi connectivity index (χ0n) is 15.6. The van der Waals surface area contributed by atoms with Crippen molar-refractivity contribution < 1.29 is 9.53 Å². The highest BCUT2D eigenvalue weighted by atomic mass is 16.5. The Labute approximate surface area is 138 Å². The maximum absolute atomic E-state index is 12.3. The van der Waals surface area contributed by atoms with E-state index in [1.807, 2.05) is 0 Å². The molecule has 0 fully saturated rings. The Morgan fingerprint density at radius 3 is 2.18 bits per heavy atom. The molecule has 2 heteroatoms. The maximum Gasteiger partial charge on any atom is 0.312 e. The standard InChI is InChI=1S/C20H38O2/c1-6-8-10-11-13-19(20(21)22-16-17(3)4)15-14-18(5)12-9-7-2/h14-15,17-19H,6-13,16H2,1-5H3/b15-14-. The van der Waals surface area contributed by atoms with Gasteiger partial charge in [-0.25, -0.2) is 0 Å². The highest BCUT2D eigenvalue weighted by Crippen LogP contribution is 2.17. The van der Waals surface area contributed by atoms with Crippen molar-refractivity contribution in [2.45, 2.75) is 86.0 Å². The first-order valence-electron chi connectivity index (χ1n) is 9.36. The topological polar surface area (TPSA) is 26.3 Å². The number of carbonyl (C=O) groups is 1. The average Bonchev–Trinajstić information content (AvgIpc) is 2.49. The van der Waals surface area contributed by atoms with Crippen LogP contribution in [0.3, 0.4) is 0 Å². The van der Waals surface area contributed by atoms with Gasteiger partial charge in [0.2, 0.25) is 0 Å². The van der Waals surface area contributed by atoms with Crippen molar-refractivity contribution in [1.29, 1.82) is 0 Å². The van der Waals surface area contributed by atoms with Crippen LogP contribution in [0.5, 0.6) is 0 Å². The molecule has 2 nitrogen and oxygen atoms in total. The molecule has 0 spiro atoms. The highest BCUT2D eigenvalue weighted by Gasteiger charge is 2.17. The molecular weight excluding hydrogens is 272 g/mol. The fraction of sp³-hybridized carbons (Fsp3) is 0.850. The van der Waals surface area contributed by atoms with Crippen LogP contribution in [-0.2, 0) is 9.53 Å². The first kappa shape index (κ1) is 21.2. The molecule has 0 bridgehead atoms. The smallest absolute Gasteiger partial charge is 0.312 e. The van der Waals surface area contributed by atoms with E-state index < -0.39 is 0 Å². The second-order valence-corrected chi connectivity index (χ2v) is 6.98. The van der Waals surface area contributed by atoms with Gasteiger partial charge in [-0.3, -0.25) is 4.79 Å². The number of esters is 1. The average molecular weight is 311 g/mol. The lowest BCUT2D eigenvalue weighted by Crippen LogP contribution is -2.18. The summed E-state index contributed by atoms with van der Waals surface area (Å²) in [6.07, 6.45) is 13.7. The predicted molar refractivity (Wildman–Crippen MR) is 95.9 cm³/mol. The number of ether oxygens (including phenoxy) is 1. The summed E-state index contributed by atoms with van der Waals surface area (Å²) in [5, 5.41) is 0. The lowest BCUT2D eigenvalue weighted by molar-refractivity contribution is -0.148. The molecule has 0 rings (SSSR count). The van der Waals surface area contributed by atoms with Gasteiger partial charge in [-0.1, -0.05) is 85.3 Å². The molecule has 2 unspecified atom stereocenters. The summed E-state index contributed by atoms with van der Waals surface area (Å²) in [5.74, 6) is 0.858. The molecule has 0 saturated heterocycles. The number of unbranched alkanes of at least 4 members (excludes halogenated alkanes) is 4. The Morgan fingerprint density at radius 2 is 1.59 bits per heavy atom. The summed E-state index contributed by atoms with van der Waals surface area (Å²) in [7, 11) is 0. The molecule has 0 N–H and O–H groups in total. The third kappa shape index (κ3) is 11.8. The lowest BCUT2D eigenvalue weighted by Gasteiger charge is -2.15. The van der Waals surface area contributed by atoms with Crippen molar-refractivity contribution >= 4 is 5.97 Å². The molecule has 2 atom stereocenters. The molecule has 0 aromatic heterocycles. The quantitative estimate of drug-likeness (QED) is 0.231. The fourth-order valence-corrected chi connectivity index (χ4v) is 2.39. The second-order valence-electron chi connectivity index (χ2n) is 6.98. The summed E-state index contributed by atoms with van der Waals surface area (Å²) >= 11 is 0. The molecule has 0 amide bonds. The lowest BCUT2D eigenvalue weighted by atomic mass is 9.97. The van der Waals surface area contributed by atoms with Crippen molar-refractivity contribution in [3.63, 3.8) is 0 Å². The van der Waals surface area contributed by atoms with Crippen LogP contribution in [0.4, 0.5) is 0 Å². The Morgan fingerprint density at radius 1 is 0.909 bits per heavy atom. The molecule has 22 heavy (non-hydrogen) atoms. The molecule has 0 aliphatic rings. The molecule has 0 saturated carbocycles. The van der Waals surface area contributed by atoms with Gasteiger partial charge in [-0.2, -0.15) is 0 Å². The number of allylic oxidation sites excluding steroid dienone is 1. The maximum atomic E-state index is 12.3. The molecule has 0 aromatic rings. The number of carbonyl (C=O) groups excluding carboxylic acids is 1. The van der Waals surface area contributed by atoms with Crippen molar-refractivity contribution in [1.82, 2.24) is 0 Å². The van der Waals surface area contributed by atoms with E-state index in [2.05, 4.69) is 46.8 Å². The van der Waals surface area contributed by atoms with Crippen molar-refractivity contribution in [3.8, 4) is 0 Å². The molecule has 0 radical (unpaired) electrons. The van der Waals surface area contributed by atoms with Gasteiger partial charge in [0.25, 0.3) is 0 Å². The van der Waals surface area contributed by atoms with Gasteiger partial charge in [-0.05, 0) is 24.7 Å². The van der Waals surface area contributed by atoms with E-state index in [0.29, 0.717) is 18.4 Å². The molecule has 0 aliphatic carbocycles. The Balaban J connectivity index is 4.42. The fourth-order valence-electron chi connectivity index (χ4n) is 2.39. The van der Waals surface area contributed by atoms with Gasteiger partial charge < -0.3 is 4.74 Å². The molecule has 130 valence electrons. The molecule has 0 heterocycles. The van der Waals surface area contributed by atoms with Crippen LogP contribution in [0.15, 0.2) is 12.2 Å². The summed E-state index contributed by atoms with van der Waals surface area (Å²) in [6, 6.07) is 0. The minimum absolute atomic E-state index is 0.0378. The minimum atomic E-state index is -0.0558. The van der Waals surface area contributed by atoms with Gasteiger partial charge in [0, 0.05) is 0 Å². The summed E-state index contributed by atoms with van der Waals surface area (Å²) in [5.41, 5.74) is 0. The van der Waals surface area contributed by atoms with Gasteiger partial charge in [0.15, 0.2) is 0 Å². The molecule has 0 aromatic carbocycles. The number of hydrogen-bond acceptors (Lipinski definition) is 2. The van der Waals surface area contributed by atoms with Crippen LogP contribution in [0, 0.1) is 17.8 Å². The summed E-state index contributed by atoms with van der Waals surface area (Å²) < 4.78 is 5.45. The van der Waals surface area contributed by atoms with Crippen LogP contribution in [0.2, 0.25) is 0 Å². The molecule has 0 aliphatic heterocycles. The van der Waals surface area contributed by atoms with Crippen LogP contribution < -0.4 is 0 Å². The number of rotatable bonds is 13. The first-order valence-corrected chi connectivity index (χ1v) is 9.36. The van der Waals surface area contributed by atoms with E-state index in [9.17, 15) is 4.79 Å². The summed E-state index contributed by atoms with van der Waals surface area (Å²) in [6.45, 7) is 11.3. The van der Waals surface area contributed by atoms with Crippen molar-refractivity contribution in [3.05, 3.63) is 12.2 Å².